The molecule has 0 bridgehead atoms. The molecule has 8 N–H and O–H groups in total. The molecule has 0 amide bonds. The number of azo groups is 2. The van der Waals surface area contributed by atoms with E-state index in [0.717, 1.165) is 12.1 Å². The molecule has 2 heterocycles. The average molecular weight is 860 g/mol. The summed E-state index contributed by atoms with van der Waals surface area (Å²) in [5.41, 5.74) is 0.767. The number of phenolic OH excluding ortho intramolecular Hbond substituents is 2. The van der Waals surface area contributed by atoms with Crippen LogP contribution in [0, 0.1) is 52.0 Å². The molecule has 311 valence electrons. The van der Waals surface area contributed by atoms with E-state index in [2.05, 4.69) is 56.5 Å². The van der Waals surface area contributed by atoms with Crippen LogP contribution < -0.4 is 10.6 Å². The van der Waals surface area contributed by atoms with E-state index in [1.54, 1.807) is 13.8 Å². The summed E-state index contributed by atoms with van der Waals surface area (Å²) in [6.45, 7) is 10.2. The van der Waals surface area contributed by atoms with Crippen molar-refractivity contribution in [2.24, 2.45) is 20.5 Å². The maximum absolute atomic E-state index is 10.8. The second kappa shape index (κ2) is 23.8. The van der Waals surface area contributed by atoms with Gasteiger partial charge in [-0.1, -0.05) is 0 Å². The van der Waals surface area contributed by atoms with Crippen LogP contribution in [0.4, 0.5) is 63.1 Å². The van der Waals surface area contributed by atoms with Crippen molar-refractivity contribution in [2.75, 3.05) is 63.2 Å². The molecule has 0 aliphatic carbocycles. The summed E-state index contributed by atoms with van der Waals surface area (Å²) >= 11 is 0. The van der Waals surface area contributed by atoms with E-state index in [1.165, 1.54) is 24.3 Å². The first-order chi connectivity index (χ1) is 27.8. The Bertz CT molecular complexity index is 2110. The Hall–Kier alpha value is -7.13. The average Bonchev–Trinajstić information content (AvgIpc) is 3.20. The number of aliphatic hydroxyl groups is 4. The molecule has 0 spiro atoms. The molecule has 0 saturated heterocycles. The zero-order valence-corrected chi connectivity index (χ0v) is 32.2. The minimum Gasteiger partial charge on any atom is -0.505 e. The molecule has 24 nitrogen and oxygen atoms in total. The maximum Gasteiger partial charge on any atom is 2.00 e. The van der Waals surface area contributed by atoms with Crippen molar-refractivity contribution in [1.82, 2.24) is 9.97 Å². The number of nitrogens with one attached hydrogen (secondary N) is 2. The quantitative estimate of drug-likeness (QED) is 0.0244. The van der Waals surface area contributed by atoms with E-state index >= 15 is 0 Å². The number of phenols is 2. The molecule has 25 heteroatoms. The second-order valence-electron chi connectivity index (χ2n) is 11.2. The van der Waals surface area contributed by atoms with Crippen LogP contribution in [0.25, 0.3) is 15.5 Å². The number of hydrogen-bond donors (Lipinski definition) is 8. The summed E-state index contributed by atoms with van der Waals surface area (Å²) in [6.07, 6.45) is 0. The number of pyridine rings is 2. The Morgan fingerprint density at radius 2 is 1.20 bits per heavy atom. The minimum absolute atomic E-state index is 0. The zero-order chi connectivity index (χ0) is 42.8. The van der Waals surface area contributed by atoms with Crippen molar-refractivity contribution in [2.45, 2.75) is 13.8 Å². The van der Waals surface area contributed by atoms with Gasteiger partial charge in [-0.15, -0.1) is 10.2 Å². The van der Waals surface area contributed by atoms with E-state index in [-0.39, 0.29) is 138 Å². The minimum atomic E-state index is -0.655. The Kier molecular flexibility index (Phi) is 19.4. The number of non-ortho nitro benzene ring substituents is 2. The SMILES string of the molecule is Cc1c(C#N)c(NCCO)nc([N-]CCO)c1N=Nc1ccc([N+](=O)[O-])cc1O.[C-]#[N+]c1c(NCCO)nc([N-]CCO)c(N=Nc2ccc([N+](=O)[O-])cc2O)c1C.[Co+2]. The van der Waals surface area contributed by atoms with E-state index in [9.17, 15) is 35.7 Å². The molecule has 59 heavy (non-hydrogen) atoms. The van der Waals surface area contributed by atoms with Gasteiger partial charge >= 0.3 is 16.8 Å². The predicted octanol–water partition coefficient (Wildman–Crippen LogP) is 6.06. The monoisotopic (exact) mass is 859 g/mol. The number of nitro groups is 2. The van der Waals surface area contributed by atoms with Crippen molar-refractivity contribution in [1.29, 1.82) is 5.26 Å². The van der Waals surface area contributed by atoms with Crippen molar-refractivity contribution in [3.63, 3.8) is 0 Å². The maximum atomic E-state index is 10.8. The van der Waals surface area contributed by atoms with Crippen LogP contribution in [0.5, 0.6) is 11.5 Å². The van der Waals surface area contributed by atoms with Crippen LogP contribution in [0.3, 0.4) is 0 Å². The van der Waals surface area contributed by atoms with Gasteiger partial charge in [-0.2, -0.15) is 15.5 Å². The topological polar surface area (TPSA) is 363 Å². The fraction of sp³-hybridized carbons (Fsp3) is 0.294. The Morgan fingerprint density at radius 3 is 1.59 bits per heavy atom. The summed E-state index contributed by atoms with van der Waals surface area (Å²) in [4.78, 5) is 32.1. The van der Waals surface area contributed by atoms with Gasteiger partial charge in [-0.05, 0) is 61.8 Å². The largest absolute Gasteiger partial charge is 2.00 e. The van der Waals surface area contributed by atoms with Crippen LogP contribution in [0.1, 0.15) is 16.7 Å². The first-order valence-corrected chi connectivity index (χ1v) is 16.8. The molecular weight excluding hydrogens is 823 g/mol. The van der Waals surface area contributed by atoms with Crippen LogP contribution in [-0.4, -0.2) is 103 Å². The Labute approximate surface area is 345 Å². The third kappa shape index (κ3) is 12.9. The van der Waals surface area contributed by atoms with Crippen molar-refractivity contribution in [3.8, 4) is 17.6 Å². The number of hydrogen-bond acceptors (Lipinski definition) is 19. The standard InChI is InChI=1S/2C17H18N7O5.Co/c1-10-14(18-2)16(19-5-7-25)21-17(20-6-8-26)15(10)23-22-12-4-3-11(24(28)29)9-13(12)27;1-10-12(9-18)16(19-4-6-25)21-17(20-5-7-26)15(10)23-22-13-3-2-11(24(28)29)8-14(13)27;/h3-4,9,25-26H,5-8H2,1H3,(H2-,19,20,21,22,23,27);2-3,8,25-26H,4-7H2,1H3,(H2-,19,20,21,22,23,27);/q2*-1;+2. The molecule has 0 saturated carbocycles. The molecule has 4 rings (SSSR count). The number of benzene rings is 2. The van der Waals surface area contributed by atoms with Crippen LogP contribution in [0.2, 0.25) is 0 Å². The summed E-state index contributed by atoms with van der Waals surface area (Å²) in [5, 5.41) is 117. The molecule has 0 fully saturated rings. The summed E-state index contributed by atoms with van der Waals surface area (Å²) in [7, 11) is 0. The molecule has 2 aromatic heterocycles. The van der Waals surface area contributed by atoms with Gasteiger partial charge in [0.05, 0.1) is 58.7 Å². The summed E-state index contributed by atoms with van der Waals surface area (Å²) in [5.74, 6) is -0.262. The molecule has 0 aliphatic heterocycles. The number of rotatable bonds is 18. The summed E-state index contributed by atoms with van der Waals surface area (Å²) < 4.78 is 0. The van der Waals surface area contributed by atoms with E-state index < -0.39 is 21.3 Å². The molecule has 2 aromatic carbocycles. The van der Waals surface area contributed by atoms with E-state index in [0.29, 0.717) is 11.1 Å². The smallest absolute Gasteiger partial charge is 0.505 e. The fourth-order valence-electron chi connectivity index (χ4n) is 4.62. The first kappa shape index (κ1) is 48.0. The molecule has 0 unspecified atom stereocenters. The number of aromatic nitrogens is 2. The van der Waals surface area contributed by atoms with Gasteiger partial charge in [0.15, 0.2) is 0 Å². The molecule has 1 radical (unpaired) electrons. The van der Waals surface area contributed by atoms with Gasteiger partial charge < -0.3 is 61.9 Å². The molecule has 0 atom stereocenters. The Morgan fingerprint density at radius 1 is 0.763 bits per heavy atom. The van der Waals surface area contributed by atoms with Crippen molar-refractivity contribution in [3.05, 3.63) is 95.4 Å². The van der Waals surface area contributed by atoms with Gasteiger partial charge in [-0.3, -0.25) is 20.2 Å². The third-order valence-electron chi connectivity index (χ3n) is 7.37. The van der Waals surface area contributed by atoms with Gasteiger partial charge in [-0.25, -0.2) is 4.85 Å². The van der Waals surface area contributed by atoms with Crippen LogP contribution >= 0.6 is 0 Å². The normalized spacial score (nSPS) is 10.5. The number of nitriles is 1. The number of nitro benzene ring substituents is 2. The Balaban J connectivity index is 0.000000400. The van der Waals surface area contributed by atoms with E-state index in [4.69, 9.17) is 27.0 Å². The number of anilines is 2. The molecule has 4 aromatic rings. The van der Waals surface area contributed by atoms with Gasteiger partial charge in [0.25, 0.3) is 11.4 Å². The number of aliphatic hydroxyl groups excluding tert-OH is 4. The molecule has 0 aliphatic rings. The first-order valence-electron chi connectivity index (χ1n) is 16.8. The van der Waals surface area contributed by atoms with Gasteiger partial charge in [0.1, 0.15) is 28.9 Å². The van der Waals surface area contributed by atoms with Gasteiger partial charge in [0.2, 0.25) is 5.69 Å². The van der Waals surface area contributed by atoms with E-state index in [1.807, 2.05) is 6.07 Å². The number of aromatic hydroxyl groups is 2. The second-order valence-corrected chi connectivity index (χ2v) is 11.2. The molecular formula is C34H36CoN14O10. The number of nitrogens with zero attached hydrogens (tertiary/aromatic N) is 12. The van der Waals surface area contributed by atoms with Crippen LogP contribution in [0.15, 0.2) is 56.9 Å². The third-order valence-corrected chi connectivity index (χ3v) is 7.37. The van der Waals surface area contributed by atoms with Crippen molar-refractivity contribution >= 4 is 63.1 Å². The predicted molar refractivity (Wildman–Crippen MR) is 208 cm³/mol. The fourth-order valence-corrected chi connectivity index (χ4v) is 4.62. The van der Waals surface area contributed by atoms with Crippen molar-refractivity contribution < 1.29 is 57.3 Å². The van der Waals surface area contributed by atoms with Gasteiger partial charge in [0, 0.05) is 50.1 Å². The van der Waals surface area contributed by atoms with Crippen LogP contribution in [-0.2, 0) is 16.8 Å². The zero-order valence-electron chi connectivity index (χ0n) is 31.1. The summed E-state index contributed by atoms with van der Waals surface area (Å²) in [6, 6.07) is 8.69.